The van der Waals surface area contributed by atoms with Crippen molar-refractivity contribution in [3.8, 4) is 0 Å². The Labute approximate surface area is 63.3 Å². The Bertz CT molecular complexity index is 34.7. The highest BCUT2D eigenvalue weighted by Gasteiger charge is 1.79. The first-order valence-electron chi connectivity index (χ1n) is 3.66. The van der Waals surface area contributed by atoms with Crippen molar-refractivity contribution in [3.05, 3.63) is 0 Å². The molecule has 0 atom stereocenters. The van der Waals surface area contributed by atoms with Gasteiger partial charge in [-0.25, -0.2) is 0 Å². The number of hydrogen-bond acceptors (Lipinski definition) is 4. The molecule has 0 aliphatic heterocycles. The SMILES string of the molecule is CCNCCNCC.NN. The van der Waals surface area contributed by atoms with Gasteiger partial charge in [-0.2, -0.15) is 0 Å². The van der Waals surface area contributed by atoms with E-state index >= 15 is 0 Å². The molecule has 0 aliphatic carbocycles. The molecule has 0 rings (SSSR count). The molecule has 0 amide bonds. The highest BCUT2D eigenvalue weighted by Crippen LogP contribution is 1.56. The summed E-state index contributed by atoms with van der Waals surface area (Å²) in [6.07, 6.45) is 0. The molecule has 64 valence electrons. The molecule has 6 N–H and O–H groups in total. The maximum atomic E-state index is 4.00. The molecule has 0 radical (unpaired) electrons. The van der Waals surface area contributed by atoms with Gasteiger partial charge >= 0.3 is 0 Å². The van der Waals surface area contributed by atoms with Crippen LogP contribution in [-0.4, -0.2) is 26.2 Å². The molecule has 0 bridgehead atoms. The predicted octanol–water partition coefficient (Wildman–Crippen LogP) is -0.976. The van der Waals surface area contributed by atoms with E-state index in [1.165, 1.54) is 0 Å². The fraction of sp³-hybridized carbons (Fsp3) is 1.00. The van der Waals surface area contributed by atoms with E-state index in [1.54, 1.807) is 0 Å². The molecule has 0 spiro atoms. The minimum absolute atomic E-state index is 1.07. The number of nitrogens with one attached hydrogen (secondary N) is 2. The Morgan fingerprint density at radius 1 is 0.900 bits per heavy atom. The average molecular weight is 148 g/mol. The van der Waals surface area contributed by atoms with Crippen molar-refractivity contribution in [3.63, 3.8) is 0 Å². The molecule has 0 saturated heterocycles. The highest BCUT2D eigenvalue weighted by molar-refractivity contribution is 4.45. The van der Waals surface area contributed by atoms with Crippen molar-refractivity contribution in [1.29, 1.82) is 0 Å². The molecule has 0 aliphatic rings. The number of rotatable bonds is 5. The van der Waals surface area contributed by atoms with Gasteiger partial charge in [0, 0.05) is 13.1 Å². The van der Waals surface area contributed by atoms with Crippen LogP contribution in [-0.2, 0) is 0 Å². The van der Waals surface area contributed by atoms with Crippen LogP contribution in [0.5, 0.6) is 0 Å². The van der Waals surface area contributed by atoms with Crippen LogP contribution >= 0.6 is 0 Å². The maximum absolute atomic E-state index is 4.00. The van der Waals surface area contributed by atoms with Gasteiger partial charge in [0.25, 0.3) is 0 Å². The first-order chi connectivity index (χ1) is 4.91. The lowest BCUT2D eigenvalue weighted by Crippen LogP contribution is -2.26. The molecule has 4 nitrogen and oxygen atoms in total. The summed E-state index contributed by atoms with van der Waals surface area (Å²) >= 11 is 0. The Morgan fingerprint density at radius 2 is 1.20 bits per heavy atom. The third-order valence-electron chi connectivity index (χ3n) is 0.979. The van der Waals surface area contributed by atoms with E-state index in [4.69, 9.17) is 0 Å². The van der Waals surface area contributed by atoms with Gasteiger partial charge in [0.2, 0.25) is 0 Å². The topological polar surface area (TPSA) is 76.1 Å². The summed E-state index contributed by atoms with van der Waals surface area (Å²) in [6.45, 7) is 8.56. The van der Waals surface area contributed by atoms with Crippen molar-refractivity contribution in [2.75, 3.05) is 26.2 Å². The standard InChI is InChI=1S/C6H16N2.H4N2/c1-3-7-5-6-8-4-2;1-2/h7-8H,3-6H2,1-2H3;1-2H2. The van der Waals surface area contributed by atoms with E-state index in [0.29, 0.717) is 0 Å². The molecular weight excluding hydrogens is 128 g/mol. The fourth-order valence-electron chi connectivity index (χ4n) is 0.530. The minimum atomic E-state index is 1.07. The van der Waals surface area contributed by atoms with Crippen LogP contribution in [0, 0.1) is 0 Å². The maximum Gasteiger partial charge on any atom is 0.00766 e. The molecule has 4 heteroatoms. The summed E-state index contributed by atoms with van der Waals surface area (Å²) in [6, 6.07) is 0. The second-order valence-electron chi connectivity index (χ2n) is 1.71. The van der Waals surface area contributed by atoms with E-state index in [0.717, 1.165) is 26.2 Å². The zero-order valence-electron chi connectivity index (χ0n) is 6.98. The lowest BCUT2D eigenvalue weighted by molar-refractivity contribution is 0.641. The summed E-state index contributed by atoms with van der Waals surface area (Å²) in [4.78, 5) is 0. The van der Waals surface area contributed by atoms with Gasteiger partial charge in [0.15, 0.2) is 0 Å². The third-order valence-corrected chi connectivity index (χ3v) is 0.979. The van der Waals surface area contributed by atoms with Gasteiger partial charge in [-0.15, -0.1) is 0 Å². The van der Waals surface area contributed by atoms with E-state index in [1.807, 2.05) is 0 Å². The van der Waals surface area contributed by atoms with Gasteiger partial charge in [-0.3, -0.25) is 11.7 Å². The fourth-order valence-corrected chi connectivity index (χ4v) is 0.530. The quantitative estimate of drug-likeness (QED) is 0.230. The Kier molecular flexibility index (Phi) is 19.9. The minimum Gasteiger partial charge on any atom is -0.316 e. The van der Waals surface area contributed by atoms with Gasteiger partial charge < -0.3 is 10.6 Å². The molecule has 0 unspecified atom stereocenters. The van der Waals surface area contributed by atoms with Gasteiger partial charge in [-0.05, 0) is 13.1 Å². The van der Waals surface area contributed by atoms with Crippen LogP contribution in [0.4, 0.5) is 0 Å². The lowest BCUT2D eigenvalue weighted by Gasteiger charge is -1.99. The Morgan fingerprint density at radius 3 is 1.40 bits per heavy atom. The van der Waals surface area contributed by atoms with Crippen LogP contribution in [0.1, 0.15) is 13.8 Å². The molecule has 0 aromatic heterocycles. The van der Waals surface area contributed by atoms with Crippen LogP contribution < -0.4 is 22.3 Å². The average Bonchev–Trinajstić information content (AvgIpc) is 2.02. The van der Waals surface area contributed by atoms with Crippen molar-refractivity contribution >= 4 is 0 Å². The second kappa shape index (κ2) is 15.9. The third kappa shape index (κ3) is 15.7. The van der Waals surface area contributed by atoms with Crippen LogP contribution in [0.25, 0.3) is 0 Å². The van der Waals surface area contributed by atoms with Crippen molar-refractivity contribution in [1.82, 2.24) is 10.6 Å². The Balaban J connectivity index is 0. The molecule has 0 heterocycles. The summed E-state index contributed by atoms with van der Waals surface area (Å²) in [5.74, 6) is 8.00. The number of hydrogen-bond donors (Lipinski definition) is 4. The Hall–Kier alpha value is -0.160. The number of nitrogens with two attached hydrogens (primary N) is 2. The van der Waals surface area contributed by atoms with E-state index in [-0.39, 0.29) is 0 Å². The smallest absolute Gasteiger partial charge is 0.00766 e. The van der Waals surface area contributed by atoms with Crippen molar-refractivity contribution < 1.29 is 0 Å². The first-order valence-corrected chi connectivity index (χ1v) is 3.66. The number of hydrazine groups is 1. The largest absolute Gasteiger partial charge is 0.316 e. The zero-order valence-corrected chi connectivity index (χ0v) is 6.98. The summed E-state index contributed by atoms with van der Waals surface area (Å²) in [5, 5.41) is 6.44. The normalized spacial score (nSPS) is 8.40. The zero-order chi connectivity index (χ0) is 8.24. The van der Waals surface area contributed by atoms with Gasteiger partial charge in [-0.1, -0.05) is 13.8 Å². The van der Waals surface area contributed by atoms with Gasteiger partial charge in [0.1, 0.15) is 0 Å². The monoisotopic (exact) mass is 148 g/mol. The lowest BCUT2D eigenvalue weighted by atomic mass is 10.6. The van der Waals surface area contributed by atoms with Gasteiger partial charge in [0.05, 0.1) is 0 Å². The van der Waals surface area contributed by atoms with Crippen molar-refractivity contribution in [2.45, 2.75) is 13.8 Å². The highest BCUT2D eigenvalue weighted by atomic mass is 15.0. The van der Waals surface area contributed by atoms with Crippen LogP contribution in [0.15, 0.2) is 0 Å². The van der Waals surface area contributed by atoms with E-state index in [2.05, 4.69) is 36.2 Å². The number of likely N-dealkylation sites (N-methyl/N-ethyl adjacent to an activating group) is 2. The van der Waals surface area contributed by atoms with E-state index in [9.17, 15) is 0 Å². The molecule has 0 fully saturated rings. The van der Waals surface area contributed by atoms with Crippen LogP contribution in [0.3, 0.4) is 0 Å². The summed E-state index contributed by atoms with van der Waals surface area (Å²) < 4.78 is 0. The molecular formula is C6H20N4. The molecule has 0 aromatic carbocycles. The molecule has 0 saturated carbocycles. The van der Waals surface area contributed by atoms with Crippen molar-refractivity contribution in [2.24, 2.45) is 11.7 Å². The van der Waals surface area contributed by atoms with Crippen LogP contribution in [0.2, 0.25) is 0 Å². The molecule has 0 aromatic rings. The first kappa shape index (κ1) is 12.5. The van der Waals surface area contributed by atoms with E-state index < -0.39 is 0 Å². The summed E-state index contributed by atoms with van der Waals surface area (Å²) in [5.41, 5.74) is 0. The molecule has 10 heavy (non-hydrogen) atoms. The predicted molar refractivity (Wildman–Crippen MR) is 45.5 cm³/mol. The summed E-state index contributed by atoms with van der Waals surface area (Å²) in [7, 11) is 0. The second-order valence-corrected chi connectivity index (χ2v) is 1.71.